The van der Waals surface area contributed by atoms with Gasteiger partial charge in [-0.15, -0.1) is 11.8 Å². The van der Waals surface area contributed by atoms with Crippen molar-refractivity contribution < 1.29 is 19.5 Å². The minimum Gasteiger partial charge on any atom is -0.394 e. The molecule has 3 aliphatic heterocycles. The normalized spacial score (nSPS) is 27.2. The molecule has 3 saturated heterocycles. The van der Waals surface area contributed by atoms with Crippen LogP contribution in [0.1, 0.15) is 37.4 Å². The highest BCUT2D eigenvalue weighted by molar-refractivity contribution is 9.09. The van der Waals surface area contributed by atoms with Crippen LogP contribution in [0.2, 0.25) is 0 Å². The molecule has 45 heavy (non-hydrogen) atoms. The first-order valence-corrected chi connectivity index (χ1v) is 17.4. The summed E-state index contributed by atoms with van der Waals surface area (Å²) in [7, 11) is 0. The van der Waals surface area contributed by atoms with Gasteiger partial charge in [-0.2, -0.15) is 0 Å². The van der Waals surface area contributed by atoms with Crippen LogP contribution in [0.4, 0.5) is 11.4 Å². The van der Waals surface area contributed by atoms with Gasteiger partial charge in [0.25, 0.3) is 0 Å². The topological polar surface area (TPSA) is 102 Å². The van der Waals surface area contributed by atoms with Crippen molar-refractivity contribution in [1.29, 1.82) is 0 Å². The van der Waals surface area contributed by atoms with Crippen LogP contribution in [0, 0.1) is 11.8 Å². The van der Waals surface area contributed by atoms with Crippen LogP contribution < -0.4 is 15.5 Å². The van der Waals surface area contributed by atoms with Crippen LogP contribution >= 0.6 is 27.7 Å². The van der Waals surface area contributed by atoms with Crippen molar-refractivity contribution >= 4 is 56.8 Å². The zero-order valence-electron chi connectivity index (χ0n) is 25.4. The number of carbonyl (C=O) groups excluding carboxylic acids is 3. The lowest BCUT2D eigenvalue weighted by molar-refractivity contribution is -0.142. The number of anilines is 2. The van der Waals surface area contributed by atoms with Crippen molar-refractivity contribution in [3.05, 3.63) is 96.1 Å². The highest BCUT2D eigenvalue weighted by Gasteiger charge is 2.76. The minimum absolute atomic E-state index is 0.0491. The molecule has 3 fully saturated rings. The molecule has 6 rings (SSSR count). The maximum absolute atomic E-state index is 14.6. The molecule has 3 aromatic rings. The first-order chi connectivity index (χ1) is 21.8. The Kier molecular flexibility index (Phi) is 9.27. The number of hydrogen-bond acceptors (Lipinski definition) is 6. The van der Waals surface area contributed by atoms with E-state index in [-0.39, 0.29) is 34.4 Å². The molecule has 3 amide bonds. The molecule has 10 heteroatoms. The number of amides is 3. The Labute approximate surface area is 277 Å². The van der Waals surface area contributed by atoms with Crippen molar-refractivity contribution in [3.63, 3.8) is 0 Å². The standard InChI is InChI=1S/C35H39BrN4O4S/c1-3-39(4-2)25-17-15-24(16-18-25)38-33(43)31-35-19-26(36)30(45-35)28(32(42)37-20-22-11-7-5-8-12-22)29(35)34(44)40(31)27(21-41)23-13-9-6-10-14-23/h5-18,26-31,41H,3-4,19-21H2,1-2H3,(H,37,42)(H,38,43)/t26?,27-,28+,29+,30+,31?,35?/m1/s1. The van der Waals surface area contributed by atoms with Crippen molar-refractivity contribution in [2.24, 2.45) is 11.8 Å². The summed E-state index contributed by atoms with van der Waals surface area (Å²) in [5, 5.41) is 16.7. The summed E-state index contributed by atoms with van der Waals surface area (Å²) < 4.78 is -0.835. The number of nitrogens with zero attached hydrogens (tertiary/aromatic N) is 2. The number of likely N-dealkylation sites (tertiary alicyclic amines) is 1. The molecule has 236 valence electrons. The Morgan fingerprint density at radius 3 is 2.27 bits per heavy atom. The first-order valence-electron chi connectivity index (χ1n) is 15.6. The Hall–Kier alpha value is -3.34. The monoisotopic (exact) mass is 690 g/mol. The van der Waals surface area contributed by atoms with E-state index in [0.717, 1.165) is 29.9 Å². The second kappa shape index (κ2) is 13.2. The first kappa shape index (κ1) is 31.6. The van der Waals surface area contributed by atoms with Gasteiger partial charge in [-0.1, -0.05) is 76.6 Å². The molecule has 3 unspecified atom stereocenters. The fourth-order valence-electron chi connectivity index (χ4n) is 7.49. The SMILES string of the molecule is CCN(CC)c1ccc(NC(=O)C2N([C@H](CO)c3ccccc3)C(=O)[C@@H]3[C@H](C(=O)NCc4ccccc4)[C@H]4SC23CC4Br)cc1. The third-order valence-electron chi connectivity index (χ3n) is 9.54. The van der Waals surface area contributed by atoms with Gasteiger partial charge in [-0.05, 0) is 55.7 Å². The van der Waals surface area contributed by atoms with E-state index >= 15 is 0 Å². The maximum atomic E-state index is 14.6. The van der Waals surface area contributed by atoms with Crippen molar-refractivity contribution in [3.8, 4) is 0 Å². The molecule has 3 heterocycles. The number of thioether (sulfide) groups is 1. The number of halogens is 1. The van der Waals surface area contributed by atoms with Crippen LogP contribution in [0.3, 0.4) is 0 Å². The zero-order valence-corrected chi connectivity index (χ0v) is 27.8. The third kappa shape index (κ3) is 5.66. The Morgan fingerprint density at radius 1 is 1.00 bits per heavy atom. The molecule has 0 aliphatic carbocycles. The Bertz CT molecular complexity index is 1520. The van der Waals surface area contributed by atoms with Gasteiger partial charge in [0.15, 0.2) is 0 Å². The van der Waals surface area contributed by atoms with Crippen LogP contribution in [0.15, 0.2) is 84.9 Å². The van der Waals surface area contributed by atoms with E-state index in [0.29, 0.717) is 18.7 Å². The predicted octanol–water partition coefficient (Wildman–Crippen LogP) is 4.99. The van der Waals surface area contributed by atoms with Gasteiger partial charge >= 0.3 is 0 Å². The molecule has 0 aromatic heterocycles. The van der Waals surface area contributed by atoms with Gasteiger partial charge in [-0.3, -0.25) is 14.4 Å². The van der Waals surface area contributed by atoms with Crippen LogP contribution in [0.5, 0.6) is 0 Å². The van der Waals surface area contributed by atoms with Gasteiger partial charge < -0.3 is 25.5 Å². The molecular formula is C35H39BrN4O4S. The quantitative estimate of drug-likeness (QED) is 0.245. The number of aliphatic hydroxyl groups excluding tert-OH is 1. The van der Waals surface area contributed by atoms with Crippen LogP contribution in [-0.4, -0.2) is 68.3 Å². The fourth-order valence-corrected chi connectivity index (χ4v) is 11.1. The van der Waals surface area contributed by atoms with Gasteiger partial charge in [0, 0.05) is 41.1 Å². The van der Waals surface area contributed by atoms with E-state index < -0.39 is 28.7 Å². The molecule has 3 aliphatic rings. The van der Waals surface area contributed by atoms with E-state index in [9.17, 15) is 19.5 Å². The summed E-state index contributed by atoms with van der Waals surface area (Å²) in [6.07, 6.45) is 0.559. The Morgan fingerprint density at radius 2 is 1.64 bits per heavy atom. The second-order valence-electron chi connectivity index (χ2n) is 11.9. The molecule has 0 radical (unpaired) electrons. The lowest BCUT2D eigenvalue weighted by Gasteiger charge is -2.37. The molecule has 3 aromatic carbocycles. The molecule has 2 bridgehead atoms. The molecule has 8 nitrogen and oxygen atoms in total. The average Bonchev–Trinajstić information content (AvgIpc) is 3.66. The van der Waals surface area contributed by atoms with Crippen molar-refractivity contribution in [2.45, 2.75) is 53.7 Å². The van der Waals surface area contributed by atoms with E-state index in [1.165, 1.54) is 0 Å². The lowest BCUT2D eigenvalue weighted by atomic mass is 9.70. The zero-order chi connectivity index (χ0) is 31.7. The highest BCUT2D eigenvalue weighted by atomic mass is 79.9. The molecule has 1 spiro atoms. The highest BCUT2D eigenvalue weighted by Crippen LogP contribution is 2.68. The van der Waals surface area contributed by atoms with Crippen LogP contribution in [0.25, 0.3) is 0 Å². The number of rotatable bonds is 11. The minimum atomic E-state index is -0.892. The third-order valence-corrected chi connectivity index (χ3v) is 12.8. The number of hydrogen-bond donors (Lipinski definition) is 3. The Balaban J connectivity index is 1.35. The van der Waals surface area contributed by atoms with E-state index in [4.69, 9.17) is 0 Å². The van der Waals surface area contributed by atoms with Gasteiger partial charge in [0.2, 0.25) is 17.7 Å². The van der Waals surface area contributed by atoms with E-state index in [1.807, 2.05) is 84.9 Å². The number of carbonyl (C=O) groups is 3. The maximum Gasteiger partial charge on any atom is 0.248 e. The summed E-state index contributed by atoms with van der Waals surface area (Å²) in [4.78, 5) is 46.7. The number of benzene rings is 3. The van der Waals surface area contributed by atoms with Crippen molar-refractivity contribution in [2.75, 3.05) is 29.9 Å². The predicted molar refractivity (Wildman–Crippen MR) is 182 cm³/mol. The van der Waals surface area contributed by atoms with Crippen LogP contribution in [-0.2, 0) is 20.9 Å². The van der Waals surface area contributed by atoms with Gasteiger partial charge in [-0.25, -0.2) is 0 Å². The van der Waals surface area contributed by atoms with E-state index in [1.54, 1.807) is 16.7 Å². The average molecular weight is 692 g/mol. The molecule has 3 N–H and O–H groups in total. The number of aliphatic hydroxyl groups is 1. The van der Waals surface area contributed by atoms with E-state index in [2.05, 4.69) is 45.3 Å². The summed E-state index contributed by atoms with van der Waals surface area (Å²) in [6.45, 7) is 5.96. The molecule has 0 saturated carbocycles. The molecule has 7 atom stereocenters. The second-order valence-corrected chi connectivity index (χ2v) is 14.6. The smallest absolute Gasteiger partial charge is 0.248 e. The number of nitrogens with one attached hydrogen (secondary N) is 2. The lowest BCUT2D eigenvalue weighted by Crippen LogP contribution is -2.53. The summed E-state index contributed by atoms with van der Waals surface area (Å²) >= 11 is 5.42. The van der Waals surface area contributed by atoms with Gasteiger partial charge in [0.05, 0.1) is 29.2 Å². The fraction of sp³-hybridized carbons (Fsp3) is 0.400. The van der Waals surface area contributed by atoms with Gasteiger partial charge in [0.1, 0.15) is 6.04 Å². The summed E-state index contributed by atoms with van der Waals surface area (Å²) in [5.74, 6) is -2.07. The summed E-state index contributed by atoms with van der Waals surface area (Å²) in [5.41, 5.74) is 3.41. The molecular weight excluding hydrogens is 652 g/mol. The largest absolute Gasteiger partial charge is 0.394 e. The summed E-state index contributed by atoms with van der Waals surface area (Å²) in [6, 6.07) is 25.1. The number of alkyl halides is 1. The number of fused-ring (bicyclic) bond motifs is 1. The van der Waals surface area contributed by atoms with Crippen molar-refractivity contribution in [1.82, 2.24) is 10.2 Å².